The van der Waals surface area contributed by atoms with E-state index in [0.29, 0.717) is 11.3 Å². The van der Waals surface area contributed by atoms with Crippen LogP contribution >= 0.6 is 11.3 Å². The zero-order valence-electron chi connectivity index (χ0n) is 9.88. The van der Waals surface area contributed by atoms with E-state index >= 15 is 0 Å². The van der Waals surface area contributed by atoms with E-state index in [4.69, 9.17) is 5.11 Å². The summed E-state index contributed by atoms with van der Waals surface area (Å²) in [6.45, 7) is 2.03. The van der Waals surface area contributed by atoms with Crippen molar-refractivity contribution >= 4 is 17.2 Å². The lowest BCUT2D eigenvalue weighted by molar-refractivity contribution is 0.0945. The Morgan fingerprint density at radius 2 is 2.33 bits per heavy atom. The average molecular weight is 263 g/mol. The second-order valence-electron chi connectivity index (χ2n) is 3.65. The maximum Gasteiger partial charge on any atom is 0.253 e. The number of pyridine rings is 1. The third kappa shape index (κ3) is 2.55. The molecule has 94 valence electrons. The maximum atomic E-state index is 12.0. The molecule has 6 heteroatoms. The van der Waals surface area contributed by atoms with Crippen molar-refractivity contribution in [2.24, 2.45) is 0 Å². The zero-order chi connectivity index (χ0) is 13.0. The maximum absolute atomic E-state index is 12.0. The molecule has 0 aliphatic rings. The standard InChI is InChI=1S/C12H13N3O2S/c1-8-11(18-7-15-8)10-9(3-2-4-13-10)12(17)14-5-6-16/h2-4,7,16H,5-6H2,1H3,(H,14,17). The van der Waals surface area contributed by atoms with Crippen LogP contribution in [0.5, 0.6) is 0 Å². The SMILES string of the molecule is Cc1ncsc1-c1ncccc1C(=O)NCCO. The van der Waals surface area contributed by atoms with E-state index in [1.165, 1.54) is 11.3 Å². The van der Waals surface area contributed by atoms with E-state index in [-0.39, 0.29) is 19.1 Å². The summed E-state index contributed by atoms with van der Waals surface area (Å²) in [6, 6.07) is 3.43. The first kappa shape index (κ1) is 12.7. The molecule has 0 spiro atoms. The van der Waals surface area contributed by atoms with E-state index in [0.717, 1.165) is 10.6 Å². The number of aliphatic hydroxyl groups is 1. The Labute approximate surface area is 109 Å². The number of rotatable bonds is 4. The van der Waals surface area contributed by atoms with Crippen LogP contribution in [0.15, 0.2) is 23.8 Å². The van der Waals surface area contributed by atoms with Gasteiger partial charge >= 0.3 is 0 Å². The van der Waals surface area contributed by atoms with Crippen LogP contribution in [0.3, 0.4) is 0 Å². The molecule has 18 heavy (non-hydrogen) atoms. The van der Waals surface area contributed by atoms with Crippen LogP contribution in [0.2, 0.25) is 0 Å². The number of aromatic nitrogens is 2. The summed E-state index contributed by atoms with van der Waals surface area (Å²) < 4.78 is 0. The molecule has 2 aromatic heterocycles. The van der Waals surface area contributed by atoms with Gasteiger partial charge in [0.25, 0.3) is 5.91 Å². The highest BCUT2D eigenvalue weighted by Gasteiger charge is 2.16. The second kappa shape index (κ2) is 5.70. The van der Waals surface area contributed by atoms with Crippen molar-refractivity contribution in [1.82, 2.24) is 15.3 Å². The molecular formula is C12H13N3O2S. The molecule has 0 atom stereocenters. The van der Waals surface area contributed by atoms with Gasteiger partial charge in [-0.1, -0.05) is 0 Å². The molecule has 2 rings (SSSR count). The summed E-state index contributed by atoms with van der Waals surface area (Å²) in [5.74, 6) is -0.236. The van der Waals surface area contributed by atoms with Crippen molar-refractivity contribution in [1.29, 1.82) is 0 Å². The summed E-state index contributed by atoms with van der Waals surface area (Å²) in [7, 11) is 0. The molecular weight excluding hydrogens is 250 g/mol. The minimum absolute atomic E-state index is 0.0824. The van der Waals surface area contributed by atoms with Gasteiger partial charge in [-0.25, -0.2) is 4.98 Å². The fourth-order valence-electron chi connectivity index (χ4n) is 1.56. The van der Waals surface area contributed by atoms with Gasteiger partial charge in [-0.05, 0) is 19.1 Å². The van der Waals surface area contributed by atoms with Crippen LogP contribution < -0.4 is 5.32 Å². The van der Waals surface area contributed by atoms with Gasteiger partial charge in [0.1, 0.15) is 0 Å². The van der Waals surface area contributed by atoms with E-state index in [9.17, 15) is 4.79 Å². The van der Waals surface area contributed by atoms with Crippen molar-refractivity contribution in [3.05, 3.63) is 35.1 Å². The van der Waals surface area contributed by atoms with Gasteiger partial charge in [0.05, 0.1) is 33.9 Å². The quantitative estimate of drug-likeness (QED) is 0.870. The van der Waals surface area contributed by atoms with Crippen LogP contribution in [0.25, 0.3) is 10.6 Å². The Morgan fingerprint density at radius 1 is 1.50 bits per heavy atom. The highest BCUT2D eigenvalue weighted by atomic mass is 32.1. The van der Waals surface area contributed by atoms with Crippen molar-refractivity contribution < 1.29 is 9.90 Å². The highest BCUT2D eigenvalue weighted by molar-refractivity contribution is 7.13. The lowest BCUT2D eigenvalue weighted by Crippen LogP contribution is -2.27. The molecule has 0 saturated heterocycles. The zero-order valence-corrected chi connectivity index (χ0v) is 10.7. The Bertz CT molecular complexity index is 554. The predicted octanol–water partition coefficient (Wildman–Crippen LogP) is 1.24. The largest absolute Gasteiger partial charge is 0.395 e. The van der Waals surface area contributed by atoms with Gasteiger partial charge in [0, 0.05) is 12.7 Å². The monoisotopic (exact) mass is 263 g/mol. The van der Waals surface area contributed by atoms with Crippen LogP contribution in [-0.2, 0) is 0 Å². The first-order valence-electron chi connectivity index (χ1n) is 5.48. The molecule has 0 bridgehead atoms. The predicted molar refractivity (Wildman–Crippen MR) is 69.5 cm³/mol. The van der Waals surface area contributed by atoms with E-state index in [1.807, 2.05) is 6.92 Å². The van der Waals surface area contributed by atoms with Crippen LogP contribution in [0.4, 0.5) is 0 Å². The van der Waals surface area contributed by atoms with Crippen molar-refractivity contribution in [2.45, 2.75) is 6.92 Å². The molecule has 0 radical (unpaired) electrons. The minimum Gasteiger partial charge on any atom is -0.395 e. The third-order valence-corrected chi connectivity index (χ3v) is 3.35. The van der Waals surface area contributed by atoms with Crippen LogP contribution in [0.1, 0.15) is 16.1 Å². The van der Waals surface area contributed by atoms with Gasteiger partial charge in [-0.15, -0.1) is 11.3 Å². The number of hydrogen-bond acceptors (Lipinski definition) is 5. The molecule has 0 aliphatic carbocycles. The second-order valence-corrected chi connectivity index (χ2v) is 4.50. The Morgan fingerprint density at radius 3 is 3.00 bits per heavy atom. The molecule has 0 fully saturated rings. The first-order valence-corrected chi connectivity index (χ1v) is 6.36. The Balaban J connectivity index is 2.37. The molecule has 0 unspecified atom stereocenters. The number of aliphatic hydroxyl groups excluding tert-OH is 1. The molecule has 5 nitrogen and oxygen atoms in total. The van der Waals surface area contributed by atoms with Crippen LogP contribution in [-0.4, -0.2) is 34.1 Å². The Kier molecular flexibility index (Phi) is 4.01. The van der Waals surface area contributed by atoms with E-state index in [1.54, 1.807) is 23.8 Å². The number of nitrogens with zero attached hydrogens (tertiary/aromatic N) is 2. The number of carbonyl (C=O) groups is 1. The molecule has 2 heterocycles. The highest BCUT2D eigenvalue weighted by Crippen LogP contribution is 2.27. The number of amides is 1. The molecule has 1 amide bonds. The fourth-order valence-corrected chi connectivity index (χ4v) is 2.38. The van der Waals surface area contributed by atoms with Gasteiger partial charge in [-0.2, -0.15) is 0 Å². The van der Waals surface area contributed by atoms with Gasteiger partial charge in [0.2, 0.25) is 0 Å². The number of hydrogen-bond donors (Lipinski definition) is 2. The number of nitrogens with one attached hydrogen (secondary N) is 1. The van der Waals surface area contributed by atoms with Gasteiger partial charge in [-0.3, -0.25) is 9.78 Å². The molecule has 2 N–H and O–H groups in total. The molecule has 2 aromatic rings. The summed E-state index contributed by atoms with van der Waals surface area (Å²) in [4.78, 5) is 21.3. The normalized spacial score (nSPS) is 10.3. The topological polar surface area (TPSA) is 75.1 Å². The summed E-state index contributed by atoms with van der Waals surface area (Å²) in [5.41, 5.74) is 3.72. The smallest absolute Gasteiger partial charge is 0.253 e. The fraction of sp³-hybridized carbons (Fsp3) is 0.250. The molecule has 0 aliphatic heterocycles. The number of aryl methyl sites for hydroxylation is 1. The van der Waals surface area contributed by atoms with E-state index in [2.05, 4.69) is 15.3 Å². The van der Waals surface area contributed by atoms with Crippen molar-refractivity contribution in [3.63, 3.8) is 0 Å². The van der Waals surface area contributed by atoms with E-state index < -0.39 is 0 Å². The third-order valence-electron chi connectivity index (χ3n) is 2.41. The minimum atomic E-state index is -0.236. The number of thiazole rings is 1. The summed E-state index contributed by atoms with van der Waals surface area (Å²) in [6.07, 6.45) is 1.65. The lowest BCUT2D eigenvalue weighted by Gasteiger charge is -2.07. The van der Waals surface area contributed by atoms with Crippen molar-refractivity contribution in [3.8, 4) is 10.6 Å². The average Bonchev–Trinajstić information content (AvgIpc) is 2.82. The Hall–Kier alpha value is -1.79. The van der Waals surface area contributed by atoms with Crippen molar-refractivity contribution in [2.75, 3.05) is 13.2 Å². The van der Waals surface area contributed by atoms with Gasteiger partial charge in [0.15, 0.2) is 0 Å². The lowest BCUT2D eigenvalue weighted by atomic mass is 10.1. The van der Waals surface area contributed by atoms with Crippen LogP contribution in [0, 0.1) is 6.92 Å². The van der Waals surface area contributed by atoms with Gasteiger partial charge < -0.3 is 10.4 Å². The molecule has 0 saturated carbocycles. The summed E-state index contributed by atoms with van der Waals surface area (Å²) in [5, 5.41) is 11.3. The molecule has 0 aromatic carbocycles. The first-order chi connectivity index (χ1) is 8.74. The summed E-state index contributed by atoms with van der Waals surface area (Å²) >= 11 is 1.46. The number of carbonyl (C=O) groups excluding carboxylic acids is 1.